The van der Waals surface area contributed by atoms with Crippen LogP contribution in [-0.4, -0.2) is 37.1 Å². The van der Waals surface area contributed by atoms with Crippen molar-refractivity contribution >= 4 is 0 Å². The number of piperidine rings is 1. The molecule has 2 nitrogen and oxygen atoms in total. The molecule has 0 spiro atoms. The van der Waals surface area contributed by atoms with E-state index in [1.54, 1.807) is 0 Å². The normalized spacial score (nSPS) is 24.5. The summed E-state index contributed by atoms with van der Waals surface area (Å²) in [5.41, 5.74) is 0. The zero-order valence-corrected chi connectivity index (χ0v) is 11.6. The van der Waals surface area contributed by atoms with Gasteiger partial charge in [-0.25, -0.2) is 0 Å². The van der Waals surface area contributed by atoms with Crippen molar-refractivity contribution in [3.8, 4) is 0 Å². The summed E-state index contributed by atoms with van der Waals surface area (Å²) in [6.07, 6.45) is 11.5. The molecule has 1 aliphatic heterocycles. The van der Waals surface area contributed by atoms with Gasteiger partial charge in [0.15, 0.2) is 0 Å². The summed E-state index contributed by atoms with van der Waals surface area (Å²) in [4.78, 5) is 2.64. The number of hydrogen-bond donors (Lipinski definition) is 1. The van der Waals surface area contributed by atoms with E-state index >= 15 is 0 Å². The monoisotopic (exact) mass is 238 g/mol. The predicted octanol–water partition coefficient (Wildman–Crippen LogP) is 3.03. The number of nitrogens with zero attached hydrogens (tertiary/aromatic N) is 1. The molecule has 0 radical (unpaired) electrons. The van der Waals surface area contributed by atoms with E-state index in [0.717, 1.165) is 12.0 Å². The smallest absolute Gasteiger partial charge is 0.00413 e. The van der Waals surface area contributed by atoms with Crippen LogP contribution in [0.4, 0.5) is 0 Å². The van der Waals surface area contributed by atoms with Crippen LogP contribution in [0.3, 0.4) is 0 Å². The van der Waals surface area contributed by atoms with Gasteiger partial charge in [-0.3, -0.25) is 0 Å². The molecule has 17 heavy (non-hydrogen) atoms. The topological polar surface area (TPSA) is 15.3 Å². The first-order chi connectivity index (χ1) is 8.34. The lowest BCUT2D eigenvalue weighted by Crippen LogP contribution is -2.35. The van der Waals surface area contributed by atoms with Crippen LogP contribution in [-0.2, 0) is 0 Å². The third-order valence-electron chi connectivity index (χ3n) is 4.50. The Morgan fingerprint density at radius 1 is 1.12 bits per heavy atom. The highest BCUT2D eigenvalue weighted by atomic mass is 15.1. The zero-order valence-electron chi connectivity index (χ0n) is 11.6. The summed E-state index contributed by atoms with van der Waals surface area (Å²) >= 11 is 0. The highest BCUT2D eigenvalue weighted by Gasteiger charge is 2.19. The second-order valence-corrected chi connectivity index (χ2v) is 6.14. The van der Waals surface area contributed by atoms with Crippen molar-refractivity contribution in [3.63, 3.8) is 0 Å². The fourth-order valence-electron chi connectivity index (χ4n) is 3.15. The first-order valence-corrected chi connectivity index (χ1v) is 7.80. The van der Waals surface area contributed by atoms with E-state index in [-0.39, 0.29) is 0 Å². The largest absolute Gasteiger partial charge is 0.314 e. The molecule has 2 fully saturated rings. The third-order valence-corrected chi connectivity index (χ3v) is 4.50. The standard InChI is InChI=1S/C15H30N2/c1-14(13-15-7-5-8-15)16-9-6-12-17-10-3-2-4-11-17/h14-16H,2-13H2,1H3. The average molecular weight is 238 g/mol. The Kier molecular flexibility index (Phi) is 5.79. The molecule has 1 aliphatic carbocycles. The molecular formula is C15H30N2. The van der Waals surface area contributed by atoms with Crippen molar-refractivity contribution in [2.75, 3.05) is 26.2 Å². The van der Waals surface area contributed by atoms with Gasteiger partial charge in [-0.2, -0.15) is 0 Å². The van der Waals surface area contributed by atoms with Crippen molar-refractivity contribution < 1.29 is 0 Å². The van der Waals surface area contributed by atoms with E-state index in [4.69, 9.17) is 0 Å². The molecule has 2 heteroatoms. The summed E-state index contributed by atoms with van der Waals surface area (Å²) in [6.45, 7) is 7.57. The van der Waals surface area contributed by atoms with Crippen molar-refractivity contribution in [2.45, 2.75) is 64.3 Å². The van der Waals surface area contributed by atoms with Crippen LogP contribution in [0.2, 0.25) is 0 Å². The maximum Gasteiger partial charge on any atom is 0.00413 e. The quantitative estimate of drug-likeness (QED) is 0.686. The average Bonchev–Trinajstić information content (AvgIpc) is 2.31. The van der Waals surface area contributed by atoms with Crippen molar-refractivity contribution in [3.05, 3.63) is 0 Å². The first kappa shape index (κ1) is 13.4. The second kappa shape index (κ2) is 7.38. The molecule has 0 aromatic heterocycles. The van der Waals surface area contributed by atoms with E-state index in [0.29, 0.717) is 0 Å². The maximum atomic E-state index is 3.69. The zero-order chi connectivity index (χ0) is 11.9. The van der Waals surface area contributed by atoms with Gasteiger partial charge in [-0.1, -0.05) is 25.7 Å². The van der Waals surface area contributed by atoms with Crippen LogP contribution in [0.1, 0.15) is 58.3 Å². The Morgan fingerprint density at radius 2 is 1.88 bits per heavy atom. The van der Waals surface area contributed by atoms with Crippen molar-refractivity contribution in [1.82, 2.24) is 10.2 Å². The van der Waals surface area contributed by atoms with Gasteiger partial charge >= 0.3 is 0 Å². The van der Waals surface area contributed by atoms with Gasteiger partial charge in [-0.05, 0) is 64.7 Å². The van der Waals surface area contributed by atoms with E-state index in [1.165, 1.54) is 77.5 Å². The summed E-state index contributed by atoms with van der Waals surface area (Å²) in [6, 6.07) is 0.738. The minimum absolute atomic E-state index is 0.738. The minimum Gasteiger partial charge on any atom is -0.314 e. The third kappa shape index (κ3) is 4.97. The molecule has 1 saturated heterocycles. The Morgan fingerprint density at radius 3 is 2.53 bits per heavy atom. The molecule has 1 saturated carbocycles. The van der Waals surface area contributed by atoms with Gasteiger partial charge in [0.25, 0.3) is 0 Å². The van der Waals surface area contributed by atoms with E-state index < -0.39 is 0 Å². The van der Waals surface area contributed by atoms with Crippen molar-refractivity contribution in [1.29, 1.82) is 0 Å². The predicted molar refractivity (Wildman–Crippen MR) is 74.3 cm³/mol. The molecule has 1 unspecified atom stereocenters. The SMILES string of the molecule is CC(CC1CCC1)NCCCN1CCCCC1. The summed E-state index contributed by atoms with van der Waals surface area (Å²) in [5, 5.41) is 3.69. The fraction of sp³-hybridized carbons (Fsp3) is 1.00. The summed E-state index contributed by atoms with van der Waals surface area (Å²) < 4.78 is 0. The number of nitrogens with one attached hydrogen (secondary N) is 1. The lowest BCUT2D eigenvalue weighted by Gasteiger charge is -2.29. The van der Waals surface area contributed by atoms with Gasteiger partial charge in [0.05, 0.1) is 0 Å². The number of rotatable bonds is 7. The molecule has 1 heterocycles. The highest BCUT2D eigenvalue weighted by Crippen LogP contribution is 2.30. The first-order valence-electron chi connectivity index (χ1n) is 7.80. The lowest BCUT2D eigenvalue weighted by molar-refractivity contribution is 0.222. The van der Waals surface area contributed by atoms with Gasteiger partial charge in [0, 0.05) is 6.04 Å². The lowest BCUT2D eigenvalue weighted by atomic mass is 9.81. The molecule has 0 aromatic carbocycles. The fourth-order valence-corrected chi connectivity index (χ4v) is 3.15. The second-order valence-electron chi connectivity index (χ2n) is 6.14. The van der Waals surface area contributed by atoms with Crippen molar-refractivity contribution in [2.24, 2.45) is 5.92 Å². The minimum atomic E-state index is 0.738. The van der Waals surface area contributed by atoms with Crippen LogP contribution in [0.5, 0.6) is 0 Å². The van der Waals surface area contributed by atoms with Crippen LogP contribution < -0.4 is 5.32 Å². The maximum absolute atomic E-state index is 3.69. The Bertz CT molecular complexity index is 195. The van der Waals surface area contributed by atoms with Crippen LogP contribution in [0.25, 0.3) is 0 Å². The van der Waals surface area contributed by atoms with E-state index in [9.17, 15) is 0 Å². The molecule has 2 rings (SSSR count). The number of likely N-dealkylation sites (tertiary alicyclic amines) is 1. The van der Waals surface area contributed by atoms with Crippen LogP contribution >= 0.6 is 0 Å². The molecule has 1 N–H and O–H groups in total. The molecule has 2 aliphatic rings. The van der Waals surface area contributed by atoms with E-state index in [2.05, 4.69) is 17.1 Å². The Hall–Kier alpha value is -0.0800. The molecule has 1 atom stereocenters. The molecular weight excluding hydrogens is 208 g/mol. The van der Waals surface area contributed by atoms with Gasteiger partial charge in [0.2, 0.25) is 0 Å². The Labute approximate surface area is 107 Å². The molecule has 0 bridgehead atoms. The summed E-state index contributed by atoms with van der Waals surface area (Å²) in [5.74, 6) is 1.04. The summed E-state index contributed by atoms with van der Waals surface area (Å²) in [7, 11) is 0. The van der Waals surface area contributed by atoms with Gasteiger partial charge in [0.1, 0.15) is 0 Å². The van der Waals surface area contributed by atoms with E-state index in [1.807, 2.05) is 0 Å². The van der Waals surface area contributed by atoms with Gasteiger partial charge < -0.3 is 10.2 Å². The van der Waals surface area contributed by atoms with Crippen LogP contribution in [0, 0.1) is 5.92 Å². The Balaban J connectivity index is 1.44. The van der Waals surface area contributed by atoms with Gasteiger partial charge in [-0.15, -0.1) is 0 Å². The highest BCUT2D eigenvalue weighted by molar-refractivity contribution is 4.75. The number of hydrogen-bond acceptors (Lipinski definition) is 2. The molecule has 0 amide bonds. The molecule has 0 aromatic rings. The molecule has 100 valence electrons. The van der Waals surface area contributed by atoms with Crippen LogP contribution in [0.15, 0.2) is 0 Å².